The third-order valence-electron chi connectivity index (χ3n) is 5.79. The van der Waals surface area contributed by atoms with E-state index in [1.54, 1.807) is 59.5 Å². The number of carbonyl (C=O) groups excluding carboxylic acids is 2. The number of aromatic nitrogens is 1. The Bertz CT molecular complexity index is 1490. The number of rotatable bonds is 6. The van der Waals surface area contributed by atoms with Gasteiger partial charge in [0.15, 0.2) is 5.57 Å². The van der Waals surface area contributed by atoms with Gasteiger partial charge in [-0.05, 0) is 67.8 Å². The standard InChI is InChI=1S/C27H25N3O5S/c1-3-35-21-12-10-20(11-13-21)30-25(32)23(16-18-6-8-19(9-7-18)27(33)34-2)36-26(30)22(17-28)24(31)29-14-4-5-15-29/h6-13,16H,3-5,14-15H2,1-2H3/b23-16+,26-22+. The van der Waals surface area contributed by atoms with Gasteiger partial charge in [-0.25, -0.2) is 4.79 Å². The van der Waals surface area contributed by atoms with Crippen LogP contribution in [0.25, 0.3) is 17.3 Å². The molecule has 1 aliphatic heterocycles. The monoisotopic (exact) mass is 503 g/mol. The lowest BCUT2D eigenvalue weighted by Gasteiger charge is -2.14. The van der Waals surface area contributed by atoms with Crippen molar-refractivity contribution in [3.63, 3.8) is 0 Å². The number of benzene rings is 2. The molecule has 0 bridgehead atoms. The smallest absolute Gasteiger partial charge is 0.337 e. The highest BCUT2D eigenvalue weighted by Crippen LogP contribution is 2.15. The quantitative estimate of drug-likeness (QED) is 0.478. The summed E-state index contributed by atoms with van der Waals surface area (Å²) in [5.41, 5.74) is 1.20. The number of esters is 1. The first-order valence-electron chi connectivity index (χ1n) is 11.6. The topological polar surface area (TPSA) is 102 Å². The van der Waals surface area contributed by atoms with Crippen molar-refractivity contribution < 1.29 is 19.1 Å². The van der Waals surface area contributed by atoms with Crippen LogP contribution < -0.4 is 19.5 Å². The molecule has 0 aliphatic carbocycles. The van der Waals surface area contributed by atoms with Crippen LogP contribution in [0.2, 0.25) is 0 Å². The molecular weight excluding hydrogens is 478 g/mol. The predicted molar refractivity (Wildman–Crippen MR) is 137 cm³/mol. The van der Waals surface area contributed by atoms with E-state index < -0.39 is 5.97 Å². The first kappa shape index (κ1) is 24.9. The van der Waals surface area contributed by atoms with Crippen molar-refractivity contribution in [1.82, 2.24) is 9.47 Å². The van der Waals surface area contributed by atoms with Crippen LogP contribution in [0.4, 0.5) is 0 Å². The summed E-state index contributed by atoms with van der Waals surface area (Å²) in [7, 11) is 1.31. The van der Waals surface area contributed by atoms with Crippen LogP contribution in [-0.2, 0) is 9.53 Å². The van der Waals surface area contributed by atoms with Crippen LogP contribution in [0.15, 0.2) is 53.3 Å². The van der Waals surface area contributed by atoms with Gasteiger partial charge in [0.25, 0.3) is 11.5 Å². The fourth-order valence-electron chi connectivity index (χ4n) is 3.99. The van der Waals surface area contributed by atoms with E-state index >= 15 is 0 Å². The van der Waals surface area contributed by atoms with E-state index in [1.807, 2.05) is 6.92 Å². The molecule has 9 heteroatoms. The second-order valence-corrected chi connectivity index (χ2v) is 9.11. The summed E-state index contributed by atoms with van der Waals surface area (Å²) in [6.07, 6.45) is 3.46. The maximum Gasteiger partial charge on any atom is 0.337 e. The SMILES string of the molecule is CCOc1ccc(-n2c(=O)/c(=C\c3ccc(C(=O)OC)cc3)s/c2=C(\C#N)C(=O)N2CCCC2)cc1. The molecule has 0 unspecified atom stereocenters. The van der Waals surface area contributed by atoms with Gasteiger partial charge in [-0.2, -0.15) is 5.26 Å². The Labute approximate surface area is 211 Å². The number of amides is 1. The second kappa shape index (κ2) is 11.1. The van der Waals surface area contributed by atoms with Crippen molar-refractivity contribution in [1.29, 1.82) is 5.26 Å². The van der Waals surface area contributed by atoms with Gasteiger partial charge in [0.1, 0.15) is 16.5 Å². The summed E-state index contributed by atoms with van der Waals surface area (Å²) in [4.78, 5) is 40.2. The lowest BCUT2D eigenvalue weighted by molar-refractivity contribution is -0.123. The molecule has 1 aromatic heterocycles. The van der Waals surface area contributed by atoms with Gasteiger partial charge in [-0.3, -0.25) is 14.2 Å². The summed E-state index contributed by atoms with van der Waals surface area (Å²) in [6.45, 7) is 3.57. The zero-order valence-corrected chi connectivity index (χ0v) is 20.8. The number of ether oxygens (including phenoxy) is 2. The lowest BCUT2D eigenvalue weighted by atomic mass is 10.1. The fraction of sp³-hybridized carbons (Fsp3) is 0.259. The molecule has 4 rings (SSSR count). The zero-order valence-electron chi connectivity index (χ0n) is 20.0. The average molecular weight is 504 g/mol. The molecule has 0 atom stereocenters. The summed E-state index contributed by atoms with van der Waals surface area (Å²) in [5.74, 6) is -0.169. The highest BCUT2D eigenvalue weighted by molar-refractivity contribution is 7.07. The first-order chi connectivity index (χ1) is 17.5. The Morgan fingerprint density at radius 2 is 1.75 bits per heavy atom. The molecule has 184 valence electrons. The fourth-order valence-corrected chi connectivity index (χ4v) is 5.09. The van der Waals surface area contributed by atoms with Gasteiger partial charge in [0, 0.05) is 13.1 Å². The number of thiazole rings is 1. The molecule has 36 heavy (non-hydrogen) atoms. The molecular formula is C27H25N3O5S. The molecule has 1 amide bonds. The van der Waals surface area contributed by atoms with E-state index in [9.17, 15) is 19.6 Å². The number of nitriles is 1. The Morgan fingerprint density at radius 1 is 1.08 bits per heavy atom. The van der Waals surface area contributed by atoms with E-state index in [0.717, 1.165) is 24.2 Å². The maximum atomic E-state index is 13.6. The number of hydrogen-bond donors (Lipinski definition) is 0. The van der Waals surface area contributed by atoms with Crippen LogP contribution in [0.1, 0.15) is 35.7 Å². The molecule has 0 saturated carbocycles. The highest BCUT2D eigenvalue weighted by Gasteiger charge is 2.24. The molecule has 1 saturated heterocycles. The summed E-state index contributed by atoms with van der Waals surface area (Å²) in [5, 5.41) is 9.97. The van der Waals surface area contributed by atoms with E-state index in [-0.39, 0.29) is 21.7 Å². The summed E-state index contributed by atoms with van der Waals surface area (Å²) >= 11 is 1.09. The molecule has 0 radical (unpaired) electrons. The molecule has 2 aromatic carbocycles. The second-order valence-electron chi connectivity index (χ2n) is 8.08. The molecule has 0 N–H and O–H groups in total. The van der Waals surface area contributed by atoms with E-state index in [4.69, 9.17) is 9.47 Å². The Morgan fingerprint density at radius 3 is 2.33 bits per heavy atom. The Hall–Kier alpha value is -4.16. The van der Waals surface area contributed by atoms with Gasteiger partial charge in [-0.15, -0.1) is 11.3 Å². The van der Waals surface area contributed by atoms with Crippen molar-refractivity contribution in [2.24, 2.45) is 0 Å². The third kappa shape index (κ3) is 5.09. The third-order valence-corrected chi connectivity index (χ3v) is 6.88. The Balaban J connectivity index is 1.91. The van der Waals surface area contributed by atoms with Crippen molar-refractivity contribution >= 4 is 34.9 Å². The lowest BCUT2D eigenvalue weighted by Crippen LogP contribution is -2.35. The molecule has 8 nitrogen and oxygen atoms in total. The number of hydrogen-bond acceptors (Lipinski definition) is 7. The molecule has 1 fully saturated rings. The zero-order chi connectivity index (χ0) is 25.7. The summed E-state index contributed by atoms with van der Waals surface area (Å²) < 4.78 is 12.3. The minimum Gasteiger partial charge on any atom is -0.494 e. The minimum absolute atomic E-state index is 0.0615. The normalized spacial score (nSPS) is 14.4. The van der Waals surface area contributed by atoms with E-state index in [2.05, 4.69) is 6.07 Å². The number of carbonyl (C=O) groups is 2. The highest BCUT2D eigenvalue weighted by atomic mass is 32.1. The van der Waals surface area contributed by atoms with Gasteiger partial charge in [-0.1, -0.05) is 12.1 Å². The number of nitrogens with zero attached hydrogens (tertiary/aromatic N) is 3. The van der Waals surface area contributed by atoms with Gasteiger partial charge < -0.3 is 14.4 Å². The van der Waals surface area contributed by atoms with Crippen LogP contribution >= 0.6 is 11.3 Å². The molecule has 3 aromatic rings. The van der Waals surface area contributed by atoms with Crippen molar-refractivity contribution in [2.45, 2.75) is 19.8 Å². The predicted octanol–water partition coefficient (Wildman–Crippen LogP) is 2.21. The number of likely N-dealkylation sites (tertiary alicyclic amines) is 1. The maximum absolute atomic E-state index is 13.6. The van der Waals surface area contributed by atoms with Crippen LogP contribution in [-0.4, -0.2) is 48.1 Å². The molecule has 1 aliphatic rings. The van der Waals surface area contributed by atoms with E-state index in [1.165, 1.54) is 11.7 Å². The largest absolute Gasteiger partial charge is 0.494 e. The summed E-state index contributed by atoms with van der Waals surface area (Å²) in [6, 6.07) is 15.6. The average Bonchev–Trinajstić information content (AvgIpc) is 3.54. The van der Waals surface area contributed by atoms with Crippen molar-refractivity contribution in [3.8, 4) is 17.5 Å². The molecule has 2 heterocycles. The Kier molecular flexibility index (Phi) is 7.66. The van der Waals surface area contributed by atoms with E-state index in [0.29, 0.717) is 46.8 Å². The number of methoxy groups -OCH3 is 1. The van der Waals surface area contributed by atoms with Gasteiger partial charge in [0.2, 0.25) is 0 Å². The minimum atomic E-state index is -0.452. The van der Waals surface area contributed by atoms with Crippen LogP contribution in [0.5, 0.6) is 5.75 Å². The molecule has 0 spiro atoms. The van der Waals surface area contributed by atoms with Gasteiger partial charge in [0.05, 0.1) is 29.5 Å². The van der Waals surface area contributed by atoms with Gasteiger partial charge >= 0.3 is 5.97 Å². The van der Waals surface area contributed by atoms with Crippen molar-refractivity contribution in [2.75, 3.05) is 26.8 Å². The van der Waals surface area contributed by atoms with Crippen LogP contribution in [0, 0.1) is 11.3 Å². The first-order valence-corrected chi connectivity index (χ1v) is 12.4. The van der Waals surface area contributed by atoms with Crippen molar-refractivity contribution in [3.05, 3.63) is 79.2 Å². The van der Waals surface area contributed by atoms with Crippen LogP contribution in [0.3, 0.4) is 0 Å².